The molecule has 0 radical (unpaired) electrons. The van der Waals surface area contributed by atoms with Crippen LogP contribution in [0.5, 0.6) is 0 Å². The number of nitrogens with zero attached hydrogens (tertiary/aromatic N) is 2. The Hall–Kier alpha value is -1.95. The Kier molecular flexibility index (Phi) is 7.05. The van der Waals surface area contributed by atoms with E-state index >= 15 is 0 Å². The molecule has 5 nitrogen and oxygen atoms in total. The van der Waals surface area contributed by atoms with Gasteiger partial charge in [-0.3, -0.25) is 4.90 Å². The molecule has 4 rings (SSSR count). The quantitative estimate of drug-likeness (QED) is 0.769. The summed E-state index contributed by atoms with van der Waals surface area (Å²) in [6.45, 7) is 5.35. The predicted molar refractivity (Wildman–Crippen MR) is 118 cm³/mol. The first kappa shape index (κ1) is 20.8. The lowest BCUT2D eigenvalue weighted by molar-refractivity contribution is 0.211. The zero-order chi connectivity index (χ0) is 18.6. The van der Waals surface area contributed by atoms with Crippen molar-refractivity contribution in [1.29, 1.82) is 0 Å². The number of fused-ring (bicyclic) bond motifs is 1. The van der Waals surface area contributed by atoms with Crippen LogP contribution in [0.3, 0.4) is 0 Å². The van der Waals surface area contributed by atoms with Crippen LogP contribution in [-0.4, -0.2) is 48.6 Å². The molecule has 1 fully saturated rings. The topological polar surface area (TPSA) is 47.6 Å². The minimum Gasteiger partial charge on any atom is -0.384 e. The molecule has 2 N–H and O–H groups in total. The molecule has 2 heterocycles. The van der Waals surface area contributed by atoms with E-state index in [0.717, 1.165) is 57.8 Å². The molecule has 0 aliphatic carbocycles. The average molecular weight is 421 g/mol. The largest absolute Gasteiger partial charge is 0.384 e. The van der Waals surface area contributed by atoms with Crippen molar-refractivity contribution < 1.29 is 4.79 Å². The maximum absolute atomic E-state index is 12.6. The standard InChI is InChI=1S/C21H25ClN4O.ClH/c22-18-6-2-7-19(14-18)24-21(27)26-11-3-10-25(12-13-26)15-17-5-1-4-16-8-9-23-20(16)17;/h1-2,4-7,14,23H,3,8-13,15H2,(H,24,27);1H. The van der Waals surface area contributed by atoms with Crippen molar-refractivity contribution in [2.75, 3.05) is 43.4 Å². The van der Waals surface area contributed by atoms with Crippen LogP contribution in [0.2, 0.25) is 5.02 Å². The number of hydrogen-bond acceptors (Lipinski definition) is 3. The van der Waals surface area contributed by atoms with Crippen molar-refractivity contribution in [2.24, 2.45) is 0 Å². The van der Waals surface area contributed by atoms with Crippen molar-refractivity contribution in [3.05, 3.63) is 58.6 Å². The van der Waals surface area contributed by atoms with Crippen LogP contribution in [-0.2, 0) is 13.0 Å². The van der Waals surface area contributed by atoms with Gasteiger partial charge in [0.25, 0.3) is 0 Å². The second kappa shape index (κ2) is 9.50. The Labute approximate surface area is 177 Å². The summed E-state index contributed by atoms with van der Waals surface area (Å²) in [7, 11) is 0. The zero-order valence-corrected chi connectivity index (χ0v) is 17.4. The lowest BCUT2D eigenvalue weighted by Gasteiger charge is -2.23. The first-order valence-corrected chi connectivity index (χ1v) is 9.95. The van der Waals surface area contributed by atoms with E-state index in [1.165, 1.54) is 16.8 Å². The molecule has 0 atom stereocenters. The molecule has 1 saturated heterocycles. The van der Waals surface area contributed by atoms with E-state index in [4.69, 9.17) is 11.6 Å². The number of nitrogens with one attached hydrogen (secondary N) is 2. The van der Waals surface area contributed by atoms with Crippen LogP contribution < -0.4 is 10.6 Å². The molecule has 0 spiro atoms. The summed E-state index contributed by atoms with van der Waals surface area (Å²) in [4.78, 5) is 16.9. The normalized spacial score (nSPS) is 16.5. The van der Waals surface area contributed by atoms with E-state index in [0.29, 0.717) is 5.02 Å². The van der Waals surface area contributed by atoms with Gasteiger partial charge < -0.3 is 15.5 Å². The number of rotatable bonds is 3. The SMILES string of the molecule is Cl.O=C(Nc1cccc(Cl)c1)N1CCCN(Cc2cccc3c2NCC3)CC1. The van der Waals surface area contributed by atoms with Crippen molar-refractivity contribution in [3.63, 3.8) is 0 Å². The van der Waals surface area contributed by atoms with Crippen LogP contribution in [0.25, 0.3) is 0 Å². The van der Waals surface area contributed by atoms with Crippen LogP contribution in [0.15, 0.2) is 42.5 Å². The van der Waals surface area contributed by atoms with Crippen molar-refractivity contribution in [1.82, 2.24) is 9.80 Å². The molecule has 2 aliphatic rings. The number of anilines is 2. The molecule has 2 aromatic rings. The summed E-state index contributed by atoms with van der Waals surface area (Å²) in [6.07, 6.45) is 2.09. The minimum absolute atomic E-state index is 0. The molecule has 7 heteroatoms. The molecule has 0 bridgehead atoms. The van der Waals surface area contributed by atoms with Gasteiger partial charge in [-0.25, -0.2) is 4.79 Å². The predicted octanol–water partition coefficient (Wildman–Crippen LogP) is 4.47. The number of carbonyl (C=O) groups is 1. The van der Waals surface area contributed by atoms with E-state index < -0.39 is 0 Å². The molecule has 0 aromatic heterocycles. The highest BCUT2D eigenvalue weighted by atomic mass is 35.5. The Balaban J connectivity index is 0.00000225. The van der Waals surface area contributed by atoms with E-state index in [1.807, 2.05) is 17.0 Å². The molecule has 0 saturated carbocycles. The van der Waals surface area contributed by atoms with Crippen molar-refractivity contribution in [3.8, 4) is 0 Å². The first-order chi connectivity index (χ1) is 13.2. The molecular weight excluding hydrogens is 395 g/mol. The monoisotopic (exact) mass is 420 g/mol. The van der Waals surface area contributed by atoms with Gasteiger partial charge in [0.05, 0.1) is 0 Å². The van der Waals surface area contributed by atoms with E-state index in [1.54, 1.807) is 12.1 Å². The first-order valence-electron chi connectivity index (χ1n) is 9.57. The second-order valence-corrected chi connectivity index (χ2v) is 7.62. The highest BCUT2D eigenvalue weighted by molar-refractivity contribution is 6.30. The highest BCUT2D eigenvalue weighted by Crippen LogP contribution is 2.27. The van der Waals surface area contributed by atoms with Crippen LogP contribution in [0, 0.1) is 0 Å². The molecule has 150 valence electrons. The zero-order valence-electron chi connectivity index (χ0n) is 15.8. The molecular formula is C21H26Cl2N4O. The number of urea groups is 1. The number of benzene rings is 2. The lowest BCUT2D eigenvalue weighted by atomic mass is 10.1. The van der Waals surface area contributed by atoms with Gasteiger partial charge in [0, 0.05) is 55.7 Å². The summed E-state index contributed by atoms with van der Waals surface area (Å²) in [5, 5.41) is 7.10. The number of para-hydroxylation sites is 1. The number of halogens is 2. The maximum Gasteiger partial charge on any atom is 0.321 e. The minimum atomic E-state index is -0.0543. The fourth-order valence-electron chi connectivity index (χ4n) is 3.88. The highest BCUT2D eigenvalue weighted by Gasteiger charge is 2.21. The average Bonchev–Trinajstić information content (AvgIpc) is 3.02. The summed E-state index contributed by atoms with van der Waals surface area (Å²) < 4.78 is 0. The Morgan fingerprint density at radius 1 is 1.11 bits per heavy atom. The van der Waals surface area contributed by atoms with E-state index in [2.05, 4.69) is 33.7 Å². The molecule has 28 heavy (non-hydrogen) atoms. The third kappa shape index (κ3) is 4.90. The Morgan fingerprint density at radius 2 is 1.96 bits per heavy atom. The molecule has 0 unspecified atom stereocenters. The van der Waals surface area contributed by atoms with Gasteiger partial charge in [-0.15, -0.1) is 12.4 Å². The summed E-state index contributed by atoms with van der Waals surface area (Å²) >= 11 is 6.00. The summed E-state index contributed by atoms with van der Waals surface area (Å²) in [5.74, 6) is 0. The fourth-order valence-corrected chi connectivity index (χ4v) is 4.07. The molecule has 2 amide bonds. The Morgan fingerprint density at radius 3 is 2.82 bits per heavy atom. The Bertz CT molecular complexity index is 830. The maximum atomic E-state index is 12.6. The number of hydrogen-bond donors (Lipinski definition) is 2. The van der Waals surface area contributed by atoms with Crippen molar-refractivity contribution >= 4 is 41.4 Å². The summed E-state index contributed by atoms with van der Waals surface area (Å²) in [6, 6.07) is 13.8. The van der Waals surface area contributed by atoms with Gasteiger partial charge in [-0.1, -0.05) is 35.9 Å². The number of amides is 2. The smallest absolute Gasteiger partial charge is 0.321 e. The third-order valence-corrected chi connectivity index (χ3v) is 5.51. The van der Waals surface area contributed by atoms with Crippen LogP contribution in [0.1, 0.15) is 17.5 Å². The number of carbonyl (C=O) groups excluding carboxylic acids is 1. The van der Waals surface area contributed by atoms with E-state index in [9.17, 15) is 4.79 Å². The van der Waals surface area contributed by atoms with E-state index in [-0.39, 0.29) is 18.4 Å². The van der Waals surface area contributed by atoms with Gasteiger partial charge in [0.1, 0.15) is 0 Å². The summed E-state index contributed by atoms with van der Waals surface area (Å²) in [5.41, 5.74) is 4.84. The molecule has 2 aliphatic heterocycles. The van der Waals surface area contributed by atoms with Gasteiger partial charge >= 0.3 is 6.03 Å². The third-order valence-electron chi connectivity index (χ3n) is 5.28. The van der Waals surface area contributed by atoms with Gasteiger partial charge in [0.15, 0.2) is 0 Å². The second-order valence-electron chi connectivity index (χ2n) is 7.19. The van der Waals surface area contributed by atoms with Crippen LogP contribution in [0.4, 0.5) is 16.2 Å². The van der Waals surface area contributed by atoms with Crippen molar-refractivity contribution in [2.45, 2.75) is 19.4 Å². The van der Waals surface area contributed by atoms with Gasteiger partial charge in [-0.2, -0.15) is 0 Å². The van der Waals surface area contributed by atoms with Gasteiger partial charge in [-0.05, 0) is 42.2 Å². The van der Waals surface area contributed by atoms with Gasteiger partial charge in [0.2, 0.25) is 0 Å². The molecule has 2 aromatic carbocycles. The fraction of sp³-hybridized carbons (Fsp3) is 0.381. The van der Waals surface area contributed by atoms with Crippen LogP contribution >= 0.6 is 24.0 Å². The lowest BCUT2D eigenvalue weighted by Crippen LogP contribution is -2.38.